The lowest BCUT2D eigenvalue weighted by molar-refractivity contribution is 0.428. The Kier molecular flexibility index (Phi) is 3.53. The molecule has 1 aliphatic rings. The van der Waals surface area contributed by atoms with Gasteiger partial charge in [-0.25, -0.2) is 4.79 Å². The molecule has 0 unspecified atom stereocenters. The number of furan rings is 1. The molecule has 5 heteroatoms. The molecule has 128 valence electrons. The zero-order valence-electron chi connectivity index (χ0n) is 14.3. The van der Waals surface area contributed by atoms with E-state index in [1.54, 1.807) is 18.4 Å². The van der Waals surface area contributed by atoms with E-state index in [1.165, 1.54) is 4.57 Å². The van der Waals surface area contributed by atoms with Gasteiger partial charge in [0.2, 0.25) is 0 Å². The highest BCUT2D eigenvalue weighted by Crippen LogP contribution is 2.41. The second-order valence-corrected chi connectivity index (χ2v) is 6.90. The molecule has 2 aromatic heterocycles. The molecule has 0 spiro atoms. The van der Waals surface area contributed by atoms with E-state index in [0.29, 0.717) is 17.0 Å². The van der Waals surface area contributed by atoms with Crippen molar-refractivity contribution in [1.29, 1.82) is 0 Å². The molecule has 1 N–H and O–H groups in total. The molecule has 4 rings (SSSR count). The van der Waals surface area contributed by atoms with Crippen molar-refractivity contribution in [3.8, 4) is 11.3 Å². The van der Waals surface area contributed by atoms with Crippen LogP contribution in [0, 0.1) is 0 Å². The average molecular weight is 336 g/mol. The standard InChI is InChI=1S/C20H20N2O3/c1-3-20(2)11-13-7-4-5-9-15(13)17-16(20)18(23)22(19(24)21-17)12-14-8-6-10-25-14/h4-10H,3,11-12H2,1-2H3,(H,21,24)/t20-/m0/s1. The molecule has 0 radical (unpaired) electrons. The topological polar surface area (TPSA) is 68.0 Å². The van der Waals surface area contributed by atoms with Gasteiger partial charge in [0.15, 0.2) is 0 Å². The summed E-state index contributed by atoms with van der Waals surface area (Å²) < 4.78 is 6.55. The van der Waals surface area contributed by atoms with Crippen LogP contribution in [0.2, 0.25) is 0 Å². The number of hydrogen-bond donors (Lipinski definition) is 1. The maximum Gasteiger partial charge on any atom is 0.329 e. The van der Waals surface area contributed by atoms with Crippen LogP contribution < -0.4 is 11.2 Å². The summed E-state index contributed by atoms with van der Waals surface area (Å²) in [6.07, 6.45) is 3.14. The van der Waals surface area contributed by atoms with Gasteiger partial charge in [-0.2, -0.15) is 0 Å². The minimum Gasteiger partial charge on any atom is -0.467 e. The normalized spacial score (nSPS) is 18.6. The lowest BCUT2D eigenvalue weighted by atomic mass is 9.69. The van der Waals surface area contributed by atoms with Gasteiger partial charge < -0.3 is 9.40 Å². The third-order valence-corrected chi connectivity index (χ3v) is 5.33. The van der Waals surface area contributed by atoms with Crippen molar-refractivity contribution in [2.45, 2.75) is 38.6 Å². The van der Waals surface area contributed by atoms with E-state index < -0.39 is 5.69 Å². The van der Waals surface area contributed by atoms with Crippen LogP contribution in [-0.2, 0) is 18.4 Å². The number of aromatic amines is 1. The number of nitrogens with zero attached hydrogens (tertiary/aromatic N) is 1. The second kappa shape index (κ2) is 5.62. The van der Waals surface area contributed by atoms with Crippen LogP contribution in [0.1, 0.15) is 37.2 Å². The monoisotopic (exact) mass is 336 g/mol. The molecule has 0 bridgehead atoms. The summed E-state index contributed by atoms with van der Waals surface area (Å²) in [6, 6.07) is 11.5. The van der Waals surface area contributed by atoms with E-state index in [0.717, 1.165) is 24.0 Å². The quantitative estimate of drug-likeness (QED) is 0.799. The average Bonchev–Trinajstić information content (AvgIpc) is 3.11. The lowest BCUT2D eigenvalue weighted by Crippen LogP contribution is -2.45. The molecule has 2 heterocycles. The Bertz CT molecular complexity index is 1040. The molecule has 1 aromatic carbocycles. The number of nitrogens with one attached hydrogen (secondary N) is 1. The van der Waals surface area contributed by atoms with Gasteiger partial charge in [0, 0.05) is 16.5 Å². The summed E-state index contributed by atoms with van der Waals surface area (Å²) in [5.41, 5.74) is 2.53. The van der Waals surface area contributed by atoms with E-state index in [-0.39, 0.29) is 17.5 Å². The van der Waals surface area contributed by atoms with Crippen LogP contribution in [0.15, 0.2) is 56.7 Å². The number of aromatic nitrogens is 2. The minimum atomic E-state index is -0.407. The smallest absolute Gasteiger partial charge is 0.329 e. The fraction of sp³-hybridized carbons (Fsp3) is 0.300. The van der Waals surface area contributed by atoms with Crippen molar-refractivity contribution in [3.63, 3.8) is 0 Å². The third kappa shape index (κ3) is 2.38. The van der Waals surface area contributed by atoms with E-state index in [4.69, 9.17) is 4.42 Å². The zero-order valence-corrected chi connectivity index (χ0v) is 14.3. The van der Waals surface area contributed by atoms with Crippen molar-refractivity contribution >= 4 is 0 Å². The molecule has 0 aliphatic heterocycles. The molecular formula is C20H20N2O3. The first kappa shape index (κ1) is 15.7. The van der Waals surface area contributed by atoms with Crippen molar-refractivity contribution in [1.82, 2.24) is 9.55 Å². The highest BCUT2D eigenvalue weighted by atomic mass is 16.3. The van der Waals surface area contributed by atoms with E-state index in [9.17, 15) is 9.59 Å². The molecule has 25 heavy (non-hydrogen) atoms. The summed E-state index contributed by atoms with van der Waals surface area (Å²) in [5, 5.41) is 0. The summed E-state index contributed by atoms with van der Waals surface area (Å²) in [4.78, 5) is 28.8. The maximum absolute atomic E-state index is 13.2. The van der Waals surface area contributed by atoms with Crippen LogP contribution in [0.5, 0.6) is 0 Å². The van der Waals surface area contributed by atoms with Crippen LogP contribution in [0.25, 0.3) is 11.3 Å². The number of H-pyrrole nitrogens is 1. The van der Waals surface area contributed by atoms with Gasteiger partial charge in [0.1, 0.15) is 5.76 Å². The predicted molar refractivity (Wildman–Crippen MR) is 95.9 cm³/mol. The zero-order chi connectivity index (χ0) is 17.6. The van der Waals surface area contributed by atoms with Gasteiger partial charge in [-0.1, -0.05) is 38.1 Å². The maximum atomic E-state index is 13.2. The Morgan fingerprint density at radius 1 is 1.20 bits per heavy atom. The molecule has 0 fully saturated rings. The van der Waals surface area contributed by atoms with Crippen molar-refractivity contribution in [2.75, 3.05) is 0 Å². The molecule has 1 aliphatic carbocycles. The van der Waals surface area contributed by atoms with Gasteiger partial charge >= 0.3 is 5.69 Å². The van der Waals surface area contributed by atoms with Gasteiger partial charge in [0.25, 0.3) is 5.56 Å². The first-order chi connectivity index (χ1) is 12.0. The summed E-state index contributed by atoms with van der Waals surface area (Å²) in [7, 11) is 0. The van der Waals surface area contributed by atoms with Gasteiger partial charge in [0.05, 0.1) is 18.5 Å². The second-order valence-electron chi connectivity index (χ2n) is 6.90. The van der Waals surface area contributed by atoms with Crippen LogP contribution in [-0.4, -0.2) is 9.55 Å². The molecule has 3 aromatic rings. The molecular weight excluding hydrogens is 316 g/mol. The SMILES string of the molecule is CC[C@@]1(C)Cc2ccccc2-c2[nH]c(=O)n(Cc3ccco3)c(=O)c21. The summed E-state index contributed by atoms with van der Waals surface area (Å²) in [6.45, 7) is 4.31. The first-order valence-electron chi connectivity index (χ1n) is 8.52. The van der Waals surface area contributed by atoms with Crippen LogP contribution in [0.3, 0.4) is 0 Å². The van der Waals surface area contributed by atoms with Crippen molar-refractivity contribution < 1.29 is 4.42 Å². The molecule has 1 atom stereocenters. The van der Waals surface area contributed by atoms with Crippen LogP contribution in [0.4, 0.5) is 0 Å². The number of benzene rings is 1. The van der Waals surface area contributed by atoms with Gasteiger partial charge in [-0.3, -0.25) is 9.36 Å². The highest BCUT2D eigenvalue weighted by Gasteiger charge is 2.37. The number of hydrogen-bond acceptors (Lipinski definition) is 3. The predicted octanol–water partition coefficient (Wildman–Crippen LogP) is 3.07. The highest BCUT2D eigenvalue weighted by molar-refractivity contribution is 5.71. The van der Waals surface area contributed by atoms with Crippen molar-refractivity contribution in [2.24, 2.45) is 0 Å². The van der Waals surface area contributed by atoms with E-state index in [2.05, 4.69) is 24.9 Å². The molecule has 5 nitrogen and oxygen atoms in total. The van der Waals surface area contributed by atoms with E-state index >= 15 is 0 Å². The minimum absolute atomic E-state index is 0.135. The van der Waals surface area contributed by atoms with E-state index in [1.807, 2.05) is 18.2 Å². The largest absolute Gasteiger partial charge is 0.467 e. The van der Waals surface area contributed by atoms with Gasteiger partial charge in [-0.15, -0.1) is 0 Å². The number of rotatable bonds is 3. The summed E-state index contributed by atoms with van der Waals surface area (Å²) in [5.74, 6) is 0.585. The molecule has 0 saturated carbocycles. The Morgan fingerprint density at radius 3 is 2.72 bits per heavy atom. The fourth-order valence-electron chi connectivity index (χ4n) is 3.76. The Morgan fingerprint density at radius 2 is 2.00 bits per heavy atom. The lowest BCUT2D eigenvalue weighted by Gasteiger charge is -2.35. The Labute approximate surface area is 144 Å². The van der Waals surface area contributed by atoms with Gasteiger partial charge in [-0.05, 0) is 30.5 Å². The Balaban J connectivity index is 2.00. The first-order valence-corrected chi connectivity index (χ1v) is 8.52. The third-order valence-electron chi connectivity index (χ3n) is 5.33. The van der Waals surface area contributed by atoms with Crippen molar-refractivity contribution in [3.05, 3.63) is 80.4 Å². The summed E-state index contributed by atoms with van der Waals surface area (Å²) >= 11 is 0. The van der Waals surface area contributed by atoms with Crippen LogP contribution >= 0.6 is 0 Å². The number of fused-ring (bicyclic) bond motifs is 3. The Hall–Kier alpha value is -2.82. The molecule has 0 amide bonds. The molecule has 0 saturated heterocycles. The fourth-order valence-corrected chi connectivity index (χ4v) is 3.76.